The zero-order chi connectivity index (χ0) is 10.8. The second-order valence-electron chi connectivity index (χ2n) is 4.04. The number of nitrogens with zero attached hydrogens (tertiary/aromatic N) is 1. The van der Waals surface area contributed by atoms with Crippen molar-refractivity contribution in [3.05, 3.63) is 29.0 Å². The number of aliphatic hydroxyl groups is 1. The van der Waals surface area contributed by atoms with Gasteiger partial charge in [0, 0.05) is 24.3 Å². The van der Waals surface area contributed by atoms with Crippen molar-refractivity contribution in [1.82, 2.24) is 4.98 Å². The van der Waals surface area contributed by atoms with Crippen molar-refractivity contribution in [3.8, 4) is 0 Å². The Kier molecular flexibility index (Phi) is 3.48. The average molecular weight is 215 g/mol. The van der Waals surface area contributed by atoms with Gasteiger partial charge in [-0.15, -0.1) is 0 Å². The van der Waals surface area contributed by atoms with Crippen molar-refractivity contribution in [2.75, 3.05) is 6.61 Å². The van der Waals surface area contributed by atoms with E-state index < -0.39 is 0 Å². The minimum Gasteiger partial charge on any atom is -0.396 e. The monoisotopic (exact) mass is 214 g/mol. The van der Waals surface area contributed by atoms with Gasteiger partial charge in [-0.1, -0.05) is 31.5 Å². The maximum absolute atomic E-state index is 9.15. The van der Waals surface area contributed by atoms with Gasteiger partial charge in [0.2, 0.25) is 0 Å². The normalized spacial score (nSPS) is 14.1. The molecule has 0 amide bonds. The Labute approximate surface area is 88.9 Å². The van der Waals surface area contributed by atoms with Crippen LogP contribution >= 0.6 is 11.6 Å². The molecule has 0 spiro atoms. The number of pyridine rings is 1. The van der Waals surface area contributed by atoms with Crippen LogP contribution < -0.4 is 5.73 Å². The van der Waals surface area contributed by atoms with Crippen molar-refractivity contribution in [2.45, 2.75) is 19.9 Å². The summed E-state index contributed by atoms with van der Waals surface area (Å²) in [6, 6.07) is 3.29. The fraction of sp³-hybridized carbons (Fsp3) is 0.500. The van der Waals surface area contributed by atoms with Crippen molar-refractivity contribution in [1.29, 1.82) is 0 Å². The van der Waals surface area contributed by atoms with E-state index in [2.05, 4.69) is 4.98 Å². The Hall–Kier alpha value is -0.640. The van der Waals surface area contributed by atoms with Gasteiger partial charge in [0.1, 0.15) is 5.15 Å². The summed E-state index contributed by atoms with van der Waals surface area (Å²) in [5, 5.41) is 9.60. The summed E-state index contributed by atoms with van der Waals surface area (Å²) >= 11 is 5.66. The van der Waals surface area contributed by atoms with Crippen molar-refractivity contribution < 1.29 is 5.11 Å². The van der Waals surface area contributed by atoms with Gasteiger partial charge in [-0.05, 0) is 11.6 Å². The van der Waals surface area contributed by atoms with Gasteiger partial charge in [0.05, 0.1) is 0 Å². The first-order valence-corrected chi connectivity index (χ1v) is 4.83. The average Bonchev–Trinajstić information content (AvgIpc) is 2.18. The van der Waals surface area contributed by atoms with Gasteiger partial charge in [0.15, 0.2) is 0 Å². The molecule has 3 nitrogen and oxygen atoms in total. The minimum absolute atomic E-state index is 0.0385. The van der Waals surface area contributed by atoms with E-state index in [1.807, 2.05) is 19.9 Å². The zero-order valence-corrected chi connectivity index (χ0v) is 9.12. The number of halogens is 1. The molecule has 0 aliphatic carbocycles. The third kappa shape index (κ3) is 2.44. The molecule has 1 aromatic heterocycles. The summed E-state index contributed by atoms with van der Waals surface area (Å²) in [6.45, 7) is 3.86. The Morgan fingerprint density at radius 3 is 2.64 bits per heavy atom. The predicted molar refractivity (Wildman–Crippen MR) is 57.0 cm³/mol. The number of rotatable bonds is 3. The second-order valence-corrected chi connectivity index (χ2v) is 4.43. The largest absolute Gasteiger partial charge is 0.396 e. The number of aliphatic hydroxyl groups excluding tert-OH is 1. The standard InChI is InChI=1S/C10H15ClN2O/c1-10(2,6-14)9(12)7-3-4-8(11)13-5-7/h3-5,9,14H,6,12H2,1-2H3/t9-/m0/s1. The number of hydrogen-bond donors (Lipinski definition) is 2. The fourth-order valence-electron chi connectivity index (χ4n) is 1.12. The molecule has 0 saturated carbocycles. The van der Waals surface area contributed by atoms with Crippen molar-refractivity contribution >= 4 is 11.6 Å². The topological polar surface area (TPSA) is 59.1 Å². The molecule has 1 aromatic rings. The highest BCUT2D eigenvalue weighted by Crippen LogP contribution is 2.30. The third-order valence-electron chi connectivity index (χ3n) is 2.36. The molecule has 4 heteroatoms. The van der Waals surface area contributed by atoms with Crippen LogP contribution in [0.3, 0.4) is 0 Å². The zero-order valence-electron chi connectivity index (χ0n) is 8.37. The smallest absolute Gasteiger partial charge is 0.129 e. The lowest BCUT2D eigenvalue weighted by Gasteiger charge is -2.29. The van der Waals surface area contributed by atoms with Crippen LogP contribution in [-0.4, -0.2) is 16.7 Å². The van der Waals surface area contributed by atoms with E-state index in [9.17, 15) is 0 Å². The molecule has 3 N–H and O–H groups in total. The van der Waals surface area contributed by atoms with Crippen LogP contribution in [0, 0.1) is 5.41 Å². The van der Waals surface area contributed by atoms with Gasteiger partial charge in [0.25, 0.3) is 0 Å². The van der Waals surface area contributed by atoms with E-state index in [0.29, 0.717) is 5.15 Å². The SMILES string of the molecule is CC(C)(CO)[C@@H](N)c1ccc(Cl)nc1. The molecular weight excluding hydrogens is 200 g/mol. The summed E-state index contributed by atoms with van der Waals surface area (Å²) in [6.07, 6.45) is 1.64. The Balaban J connectivity index is 2.89. The first kappa shape index (κ1) is 11.4. The number of aromatic nitrogens is 1. The van der Waals surface area contributed by atoms with E-state index in [1.165, 1.54) is 0 Å². The molecule has 0 bridgehead atoms. The van der Waals surface area contributed by atoms with E-state index >= 15 is 0 Å². The summed E-state index contributed by atoms with van der Waals surface area (Å²) < 4.78 is 0. The van der Waals surface area contributed by atoms with Crippen LogP contribution in [-0.2, 0) is 0 Å². The lowest BCUT2D eigenvalue weighted by molar-refractivity contribution is 0.132. The van der Waals surface area contributed by atoms with Gasteiger partial charge in [-0.3, -0.25) is 0 Å². The molecule has 14 heavy (non-hydrogen) atoms. The van der Waals surface area contributed by atoms with Gasteiger partial charge < -0.3 is 10.8 Å². The summed E-state index contributed by atoms with van der Waals surface area (Å²) in [5.74, 6) is 0. The van der Waals surface area contributed by atoms with Gasteiger partial charge in [-0.2, -0.15) is 0 Å². The number of nitrogens with two attached hydrogens (primary N) is 1. The first-order valence-electron chi connectivity index (χ1n) is 4.45. The lowest BCUT2D eigenvalue weighted by Crippen LogP contribution is -2.32. The maximum Gasteiger partial charge on any atom is 0.129 e. The van der Waals surface area contributed by atoms with Crippen molar-refractivity contribution in [3.63, 3.8) is 0 Å². The van der Waals surface area contributed by atoms with Crippen LogP contribution in [0.2, 0.25) is 5.15 Å². The molecule has 0 fully saturated rings. The molecule has 0 radical (unpaired) electrons. The Morgan fingerprint density at radius 2 is 2.21 bits per heavy atom. The Morgan fingerprint density at radius 1 is 1.57 bits per heavy atom. The highest BCUT2D eigenvalue weighted by Gasteiger charge is 2.26. The third-order valence-corrected chi connectivity index (χ3v) is 2.58. The van der Waals surface area contributed by atoms with Crippen molar-refractivity contribution in [2.24, 2.45) is 11.1 Å². The van der Waals surface area contributed by atoms with Gasteiger partial charge in [-0.25, -0.2) is 4.98 Å². The number of hydrogen-bond acceptors (Lipinski definition) is 3. The molecule has 1 heterocycles. The fourth-order valence-corrected chi connectivity index (χ4v) is 1.23. The second kappa shape index (κ2) is 4.26. The molecular formula is C10H15ClN2O. The molecule has 0 unspecified atom stereocenters. The van der Waals surface area contributed by atoms with Crippen LogP contribution in [0.15, 0.2) is 18.3 Å². The maximum atomic E-state index is 9.15. The summed E-state index contributed by atoms with van der Waals surface area (Å²) in [7, 11) is 0. The van der Waals surface area contributed by atoms with Crippen LogP contribution in [0.5, 0.6) is 0 Å². The van der Waals surface area contributed by atoms with Gasteiger partial charge >= 0.3 is 0 Å². The van der Waals surface area contributed by atoms with E-state index in [4.69, 9.17) is 22.4 Å². The quantitative estimate of drug-likeness (QED) is 0.754. The molecule has 0 saturated heterocycles. The molecule has 78 valence electrons. The molecule has 0 aliphatic rings. The lowest BCUT2D eigenvalue weighted by atomic mass is 9.82. The first-order chi connectivity index (χ1) is 6.47. The predicted octanol–water partition coefficient (Wildman–Crippen LogP) is 1.75. The van der Waals surface area contributed by atoms with E-state index in [-0.39, 0.29) is 18.1 Å². The summed E-state index contributed by atoms with van der Waals surface area (Å²) in [5.41, 5.74) is 6.52. The summed E-state index contributed by atoms with van der Waals surface area (Å²) in [4.78, 5) is 3.95. The molecule has 0 aliphatic heterocycles. The van der Waals surface area contributed by atoms with Crippen LogP contribution in [0.25, 0.3) is 0 Å². The van der Waals surface area contributed by atoms with Crippen LogP contribution in [0.1, 0.15) is 25.5 Å². The van der Waals surface area contributed by atoms with E-state index in [0.717, 1.165) is 5.56 Å². The highest BCUT2D eigenvalue weighted by atomic mass is 35.5. The highest BCUT2D eigenvalue weighted by molar-refractivity contribution is 6.29. The minimum atomic E-state index is -0.352. The molecule has 0 aromatic carbocycles. The van der Waals surface area contributed by atoms with E-state index in [1.54, 1.807) is 12.3 Å². The molecule has 1 atom stereocenters. The molecule has 1 rings (SSSR count). The Bertz CT molecular complexity index is 297. The van der Waals surface area contributed by atoms with Crippen LogP contribution in [0.4, 0.5) is 0 Å².